The molecule has 2 atom stereocenters. The summed E-state index contributed by atoms with van der Waals surface area (Å²) in [5.74, 6) is -0.938. The van der Waals surface area contributed by atoms with E-state index >= 15 is 0 Å². The van der Waals surface area contributed by atoms with E-state index in [0.717, 1.165) is 18.4 Å². The molecule has 1 aromatic heterocycles. The van der Waals surface area contributed by atoms with Crippen molar-refractivity contribution in [3.8, 4) is 0 Å². The van der Waals surface area contributed by atoms with Gasteiger partial charge in [0.15, 0.2) is 10.8 Å². The number of pyridine rings is 1. The van der Waals surface area contributed by atoms with E-state index in [2.05, 4.69) is 4.98 Å². The minimum absolute atomic E-state index is 0.0144. The van der Waals surface area contributed by atoms with Crippen LogP contribution in [0.25, 0.3) is 0 Å². The average molecular weight is 520 g/mol. The van der Waals surface area contributed by atoms with Crippen LogP contribution in [0.5, 0.6) is 0 Å². The Kier molecular flexibility index (Phi) is 7.92. The van der Waals surface area contributed by atoms with E-state index in [0.29, 0.717) is 30.1 Å². The van der Waals surface area contributed by atoms with Crippen LogP contribution in [0, 0.1) is 16.0 Å². The van der Waals surface area contributed by atoms with Crippen molar-refractivity contribution in [1.29, 1.82) is 0 Å². The van der Waals surface area contributed by atoms with Crippen LogP contribution in [0.15, 0.2) is 59.3 Å². The maximum absolute atomic E-state index is 13.3. The maximum Gasteiger partial charge on any atom is 0.328 e. The van der Waals surface area contributed by atoms with Crippen LogP contribution in [-0.4, -0.2) is 50.0 Å². The van der Waals surface area contributed by atoms with Crippen LogP contribution in [0.2, 0.25) is 5.02 Å². The van der Waals surface area contributed by atoms with Crippen molar-refractivity contribution in [3.63, 3.8) is 0 Å². The van der Waals surface area contributed by atoms with E-state index in [4.69, 9.17) is 11.6 Å². The molecule has 2 heterocycles. The highest BCUT2D eigenvalue weighted by atomic mass is 35.5. The van der Waals surface area contributed by atoms with Crippen molar-refractivity contribution in [3.05, 3.63) is 74.9 Å². The molecular formula is C23H22ClN3O5S2. The highest BCUT2D eigenvalue weighted by Gasteiger charge is 2.41. The molecule has 1 saturated carbocycles. The summed E-state index contributed by atoms with van der Waals surface area (Å²) in [5.41, 5.74) is 1.30. The number of halogens is 1. The Morgan fingerprint density at radius 2 is 2.00 bits per heavy atom. The van der Waals surface area contributed by atoms with Crippen molar-refractivity contribution >= 4 is 50.6 Å². The molecule has 2 aliphatic rings. The van der Waals surface area contributed by atoms with E-state index < -0.39 is 16.9 Å². The summed E-state index contributed by atoms with van der Waals surface area (Å²) in [6.07, 6.45) is 4.98. The van der Waals surface area contributed by atoms with E-state index in [1.807, 2.05) is 23.1 Å². The molecule has 1 aromatic carbocycles. The molecule has 2 unspecified atom stereocenters. The Bertz CT molecular complexity index is 1140. The molecule has 34 heavy (non-hydrogen) atoms. The third-order valence-electron chi connectivity index (χ3n) is 5.79. The number of hydrogen-bond donors (Lipinski definition) is 1. The topological polar surface area (TPSA) is 114 Å². The second-order valence-corrected chi connectivity index (χ2v) is 11.0. The fourth-order valence-corrected chi connectivity index (χ4v) is 6.93. The molecular weight excluding hydrogens is 498 g/mol. The molecule has 2 aromatic rings. The van der Waals surface area contributed by atoms with Gasteiger partial charge in [0.05, 0.1) is 11.0 Å². The van der Waals surface area contributed by atoms with Crippen molar-refractivity contribution in [2.45, 2.75) is 35.6 Å². The van der Waals surface area contributed by atoms with Crippen LogP contribution >= 0.6 is 33.2 Å². The first-order chi connectivity index (χ1) is 16.3. The van der Waals surface area contributed by atoms with E-state index in [1.54, 1.807) is 6.07 Å². The highest BCUT2D eigenvalue weighted by Crippen LogP contribution is 2.45. The average Bonchev–Trinajstić information content (AvgIpc) is 3.65. The minimum atomic E-state index is -1.07. The molecule has 1 saturated heterocycles. The second-order valence-electron chi connectivity index (χ2n) is 8.17. The lowest BCUT2D eigenvalue weighted by Gasteiger charge is -2.38. The molecule has 0 radical (unpaired) electrons. The van der Waals surface area contributed by atoms with Gasteiger partial charge in [0.1, 0.15) is 0 Å². The number of hydrogen-bond acceptors (Lipinski definition) is 8. The summed E-state index contributed by atoms with van der Waals surface area (Å²) in [7, 11) is 2.52. The van der Waals surface area contributed by atoms with E-state index in [-0.39, 0.29) is 27.7 Å². The van der Waals surface area contributed by atoms with Gasteiger partial charge in [0, 0.05) is 47.6 Å². The predicted molar refractivity (Wildman–Crippen MR) is 132 cm³/mol. The lowest BCUT2D eigenvalue weighted by atomic mass is 9.94. The van der Waals surface area contributed by atoms with Gasteiger partial charge in [-0.25, -0.2) is 9.78 Å². The number of likely N-dealkylation sites (tertiary alicyclic amines) is 1. The Labute approximate surface area is 209 Å². The monoisotopic (exact) mass is 519 g/mol. The number of aromatic nitrogens is 1. The van der Waals surface area contributed by atoms with E-state index in [9.17, 15) is 24.8 Å². The highest BCUT2D eigenvalue weighted by molar-refractivity contribution is 8.77. The standard InChI is InChI=1S/C23H22ClN3O5S2/c24-17-5-2-1-4-16(17)21(22(30)14-7-8-14)26-11-9-19(15(13-26)12-20(28)29)33-34-23-18(27(31)32)6-3-10-25-23/h1-6,10,12,14,19,21H,7-9,11,13H2,(H,28,29)/b15-12-. The van der Waals surface area contributed by atoms with Gasteiger partial charge in [-0.05, 0) is 53.3 Å². The third-order valence-corrected chi connectivity index (χ3v) is 8.93. The number of nitrogens with zero attached hydrogens (tertiary/aromatic N) is 3. The van der Waals surface area contributed by atoms with Crippen LogP contribution in [0.3, 0.4) is 0 Å². The number of rotatable bonds is 9. The van der Waals surface area contributed by atoms with Gasteiger partial charge in [-0.1, -0.05) is 40.6 Å². The summed E-state index contributed by atoms with van der Waals surface area (Å²) in [6, 6.07) is 9.64. The van der Waals surface area contributed by atoms with Gasteiger partial charge in [0.25, 0.3) is 0 Å². The number of piperidine rings is 1. The Morgan fingerprint density at radius 1 is 1.24 bits per heavy atom. The molecule has 1 N–H and O–H groups in total. The molecule has 2 fully saturated rings. The Hall–Kier alpha value is -2.40. The van der Waals surface area contributed by atoms with E-state index in [1.165, 1.54) is 46.0 Å². The first-order valence-corrected chi connectivity index (χ1v) is 13.3. The van der Waals surface area contributed by atoms with Gasteiger partial charge in [-0.15, -0.1) is 0 Å². The maximum atomic E-state index is 13.3. The number of Topliss-reactive ketones (excluding diaryl/α,β-unsaturated/α-hetero) is 1. The first-order valence-electron chi connectivity index (χ1n) is 10.7. The zero-order chi connectivity index (χ0) is 24.2. The van der Waals surface area contributed by atoms with Gasteiger partial charge in [-0.3, -0.25) is 19.8 Å². The van der Waals surface area contributed by atoms with Crippen molar-refractivity contribution < 1.29 is 19.6 Å². The van der Waals surface area contributed by atoms with Gasteiger partial charge >= 0.3 is 11.7 Å². The predicted octanol–water partition coefficient (Wildman–Crippen LogP) is 5.19. The number of carboxylic acid groups (broad SMARTS) is 1. The number of benzene rings is 1. The summed E-state index contributed by atoms with van der Waals surface area (Å²) in [5, 5.41) is 21.4. The van der Waals surface area contributed by atoms with Gasteiger partial charge in [0.2, 0.25) is 0 Å². The zero-order valence-corrected chi connectivity index (χ0v) is 20.4. The number of carbonyl (C=O) groups is 2. The van der Waals surface area contributed by atoms with Gasteiger partial charge in [-0.2, -0.15) is 0 Å². The van der Waals surface area contributed by atoms with Crippen LogP contribution in [-0.2, 0) is 9.59 Å². The van der Waals surface area contributed by atoms with Crippen LogP contribution in [0.1, 0.15) is 30.9 Å². The fourth-order valence-electron chi connectivity index (χ4n) is 4.02. The molecule has 4 rings (SSSR count). The summed E-state index contributed by atoms with van der Waals surface area (Å²) in [6.45, 7) is 0.858. The molecule has 8 nitrogen and oxygen atoms in total. The normalized spacial score (nSPS) is 20.7. The largest absolute Gasteiger partial charge is 0.478 e. The number of aliphatic carboxylic acids is 1. The second kappa shape index (κ2) is 10.9. The lowest BCUT2D eigenvalue weighted by Crippen LogP contribution is -2.43. The summed E-state index contributed by atoms with van der Waals surface area (Å²) < 4.78 is 0. The Morgan fingerprint density at radius 3 is 2.68 bits per heavy atom. The van der Waals surface area contributed by atoms with Crippen molar-refractivity contribution in [2.75, 3.05) is 13.1 Å². The minimum Gasteiger partial charge on any atom is -0.478 e. The number of ketones is 1. The molecule has 0 spiro atoms. The molecule has 1 aliphatic heterocycles. The van der Waals surface area contributed by atoms with Gasteiger partial charge < -0.3 is 5.11 Å². The molecule has 178 valence electrons. The summed E-state index contributed by atoms with van der Waals surface area (Å²) in [4.78, 5) is 41.8. The fraction of sp³-hybridized carbons (Fsp3) is 0.348. The quantitative estimate of drug-likeness (QED) is 0.207. The smallest absolute Gasteiger partial charge is 0.328 e. The molecule has 11 heteroatoms. The molecule has 1 aliphatic carbocycles. The third kappa shape index (κ3) is 5.80. The zero-order valence-electron chi connectivity index (χ0n) is 18.0. The summed E-state index contributed by atoms with van der Waals surface area (Å²) >= 11 is 6.46. The first kappa shape index (κ1) is 24.7. The number of carbonyl (C=O) groups excluding carboxylic acids is 1. The molecule has 0 bridgehead atoms. The SMILES string of the molecule is O=C(O)/C=C1/CN(C(C(=O)C2CC2)c2ccccc2Cl)CCC1SSc1ncccc1[N+](=O)[O-]. The lowest BCUT2D eigenvalue weighted by molar-refractivity contribution is -0.388. The number of carboxylic acids is 1. The Balaban J connectivity index is 1.56. The molecule has 0 amide bonds. The van der Waals surface area contributed by atoms with Crippen molar-refractivity contribution in [2.24, 2.45) is 5.92 Å². The number of nitro groups is 1. The van der Waals surface area contributed by atoms with Crippen LogP contribution < -0.4 is 0 Å². The van der Waals surface area contributed by atoms with Crippen LogP contribution in [0.4, 0.5) is 5.69 Å². The van der Waals surface area contributed by atoms with Crippen molar-refractivity contribution in [1.82, 2.24) is 9.88 Å².